The molecule has 1 heterocycles. The van der Waals surface area contributed by atoms with Crippen molar-refractivity contribution >= 4 is 23.6 Å². The topological polar surface area (TPSA) is 72.9 Å². The minimum atomic E-state index is -0.998. The third-order valence-corrected chi connectivity index (χ3v) is 8.04. The van der Waals surface area contributed by atoms with Crippen LogP contribution in [0.1, 0.15) is 66.9 Å². The number of hydrogen-bond donors (Lipinski definition) is 2. The molecule has 0 aromatic heterocycles. The molecule has 38 heavy (non-hydrogen) atoms. The zero-order valence-electron chi connectivity index (χ0n) is 23.4. The van der Waals surface area contributed by atoms with E-state index in [1.807, 2.05) is 49.6 Å². The summed E-state index contributed by atoms with van der Waals surface area (Å²) >= 11 is 1.58. The van der Waals surface area contributed by atoms with Gasteiger partial charge in [-0.3, -0.25) is 9.69 Å². The molecule has 3 rings (SSSR count). The lowest BCUT2D eigenvalue weighted by atomic mass is 9.93. The number of nitrogens with zero attached hydrogens (tertiary/aromatic N) is 2. The molecule has 208 valence electrons. The number of rotatable bonds is 15. The molecule has 2 aromatic rings. The fourth-order valence-electron chi connectivity index (χ4n) is 5.09. The van der Waals surface area contributed by atoms with E-state index in [4.69, 9.17) is 0 Å². The number of hydrogen-bond acceptors (Lipinski definition) is 5. The Labute approximate surface area is 233 Å². The van der Waals surface area contributed by atoms with Gasteiger partial charge >= 0.3 is 5.97 Å². The van der Waals surface area contributed by atoms with Gasteiger partial charge in [-0.15, -0.1) is 0 Å². The molecule has 6 nitrogen and oxygen atoms in total. The molecule has 0 spiro atoms. The third kappa shape index (κ3) is 9.14. The molecule has 1 unspecified atom stereocenters. The van der Waals surface area contributed by atoms with E-state index < -0.39 is 12.0 Å². The monoisotopic (exact) mass is 539 g/mol. The van der Waals surface area contributed by atoms with Crippen molar-refractivity contribution in [1.82, 2.24) is 15.1 Å². The molecule has 2 N–H and O–H groups in total. The first-order valence-corrected chi connectivity index (χ1v) is 15.5. The lowest BCUT2D eigenvalue weighted by molar-refractivity contribution is -0.139. The normalized spacial score (nSPS) is 14.9. The molecule has 0 saturated carbocycles. The Kier molecular flexibility index (Phi) is 12.6. The molecule has 1 aliphatic heterocycles. The minimum absolute atomic E-state index is 0.337. The maximum absolute atomic E-state index is 13.4. The van der Waals surface area contributed by atoms with Gasteiger partial charge in [-0.25, -0.2) is 4.79 Å². The van der Waals surface area contributed by atoms with Crippen molar-refractivity contribution < 1.29 is 14.7 Å². The van der Waals surface area contributed by atoms with Crippen LogP contribution in [-0.4, -0.2) is 77.6 Å². The Morgan fingerprint density at radius 3 is 2.53 bits per heavy atom. The Hall–Kier alpha value is -2.35. The number of thioether (sulfide) groups is 1. The summed E-state index contributed by atoms with van der Waals surface area (Å²) in [6.07, 6.45) is 8.61. The Balaban J connectivity index is 1.85. The largest absolute Gasteiger partial charge is 0.480 e. The van der Waals surface area contributed by atoms with Crippen LogP contribution in [0.5, 0.6) is 0 Å². The van der Waals surface area contributed by atoms with Gasteiger partial charge in [-0.05, 0) is 98.6 Å². The van der Waals surface area contributed by atoms with E-state index in [1.165, 1.54) is 37.9 Å². The summed E-state index contributed by atoms with van der Waals surface area (Å²) in [5, 5.41) is 12.4. The van der Waals surface area contributed by atoms with Crippen molar-refractivity contribution in [1.29, 1.82) is 0 Å². The number of carboxylic acids is 1. The lowest BCUT2D eigenvalue weighted by Gasteiger charge is -2.30. The molecule has 1 atom stereocenters. The molecule has 0 aliphatic carbocycles. The highest BCUT2D eigenvalue weighted by molar-refractivity contribution is 7.98. The number of likely N-dealkylation sites (tertiary alicyclic amines) is 1. The van der Waals surface area contributed by atoms with Crippen molar-refractivity contribution in [2.24, 2.45) is 0 Å². The second-order valence-corrected chi connectivity index (χ2v) is 11.4. The number of aryl methyl sites for hydroxylation is 1. The van der Waals surface area contributed by atoms with Crippen LogP contribution in [0.3, 0.4) is 0 Å². The highest BCUT2D eigenvalue weighted by Crippen LogP contribution is 2.29. The fraction of sp³-hybridized carbons (Fsp3) is 0.548. The fourth-order valence-corrected chi connectivity index (χ4v) is 5.56. The summed E-state index contributed by atoms with van der Waals surface area (Å²) in [5.74, 6) is -0.663. The predicted molar refractivity (Wildman–Crippen MR) is 159 cm³/mol. The average Bonchev–Trinajstić information content (AvgIpc) is 2.93. The van der Waals surface area contributed by atoms with Gasteiger partial charge in [0, 0.05) is 25.2 Å². The molecule has 1 amide bonds. The number of unbranched alkanes of at least 4 members (excludes halogenated alkanes) is 1. The first-order chi connectivity index (χ1) is 18.4. The molecule has 0 radical (unpaired) electrons. The van der Waals surface area contributed by atoms with Crippen molar-refractivity contribution in [2.45, 2.75) is 65.0 Å². The lowest BCUT2D eigenvalue weighted by Crippen LogP contribution is -2.41. The van der Waals surface area contributed by atoms with E-state index in [1.54, 1.807) is 11.8 Å². The maximum Gasteiger partial charge on any atom is 0.326 e. The molecular weight excluding hydrogens is 494 g/mol. The SMILES string of the molecule is CCCCN(CCN1CCCCC1)Cc1ccc(C(=O)NC(CCSC)C(=O)O)c(-c2ccccc2C)c1. The van der Waals surface area contributed by atoms with E-state index in [-0.39, 0.29) is 5.91 Å². The molecule has 1 aliphatic rings. The summed E-state index contributed by atoms with van der Waals surface area (Å²) in [5.41, 5.74) is 4.64. The van der Waals surface area contributed by atoms with E-state index in [9.17, 15) is 14.7 Å². The van der Waals surface area contributed by atoms with Crippen LogP contribution in [0.15, 0.2) is 42.5 Å². The van der Waals surface area contributed by atoms with Gasteiger partial charge in [0.2, 0.25) is 0 Å². The summed E-state index contributed by atoms with van der Waals surface area (Å²) < 4.78 is 0. The molecule has 7 heteroatoms. The zero-order valence-corrected chi connectivity index (χ0v) is 24.2. The number of carboxylic acid groups (broad SMARTS) is 1. The summed E-state index contributed by atoms with van der Waals surface area (Å²) in [4.78, 5) is 30.3. The predicted octanol–water partition coefficient (Wildman–Crippen LogP) is 5.69. The van der Waals surface area contributed by atoms with Crippen LogP contribution in [0, 0.1) is 6.92 Å². The Morgan fingerprint density at radius 2 is 1.84 bits per heavy atom. The average molecular weight is 540 g/mol. The summed E-state index contributed by atoms with van der Waals surface area (Å²) in [6.45, 7) is 10.7. The van der Waals surface area contributed by atoms with Gasteiger partial charge in [0.05, 0.1) is 0 Å². The second kappa shape index (κ2) is 15.9. The number of aliphatic carboxylic acids is 1. The minimum Gasteiger partial charge on any atom is -0.480 e. The van der Waals surface area contributed by atoms with E-state index in [2.05, 4.69) is 28.1 Å². The van der Waals surface area contributed by atoms with Gasteiger partial charge in [-0.2, -0.15) is 11.8 Å². The number of benzene rings is 2. The van der Waals surface area contributed by atoms with Gasteiger partial charge in [0.15, 0.2) is 0 Å². The first kappa shape index (κ1) is 30.2. The van der Waals surface area contributed by atoms with E-state index >= 15 is 0 Å². The van der Waals surface area contributed by atoms with Gasteiger partial charge in [-0.1, -0.05) is 50.1 Å². The van der Waals surface area contributed by atoms with Crippen LogP contribution < -0.4 is 5.32 Å². The van der Waals surface area contributed by atoms with Crippen LogP contribution in [0.4, 0.5) is 0 Å². The highest BCUT2D eigenvalue weighted by atomic mass is 32.2. The van der Waals surface area contributed by atoms with Crippen molar-refractivity contribution in [3.8, 4) is 11.1 Å². The molecule has 1 fully saturated rings. The Morgan fingerprint density at radius 1 is 1.08 bits per heavy atom. The van der Waals surface area contributed by atoms with Gasteiger partial charge in [0.25, 0.3) is 5.91 Å². The van der Waals surface area contributed by atoms with Crippen molar-refractivity contribution in [2.75, 3.05) is 44.7 Å². The van der Waals surface area contributed by atoms with E-state index in [0.717, 1.165) is 55.7 Å². The first-order valence-electron chi connectivity index (χ1n) is 14.1. The van der Waals surface area contributed by atoms with Gasteiger partial charge < -0.3 is 15.3 Å². The number of carbonyl (C=O) groups is 2. The molecule has 1 saturated heterocycles. The smallest absolute Gasteiger partial charge is 0.326 e. The molecular formula is C31H45N3O3S. The third-order valence-electron chi connectivity index (χ3n) is 7.39. The van der Waals surface area contributed by atoms with Crippen LogP contribution >= 0.6 is 11.8 Å². The molecule has 0 bridgehead atoms. The quantitative estimate of drug-likeness (QED) is 0.303. The second-order valence-electron chi connectivity index (χ2n) is 10.4. The number of nitrogens with one attached hydrogen (secondary N) is 1. The molecule has 2 aromatic carbocycles. The Bertz CT molecular complexity index is 1040. The highest BCUT2D eigenvalue weighted by Gasteiger charge is 2.23. The standard InChI is InChI=1S/C31H45N3O3S/c1-4-5-16-34(20-19-33-17-9-6-10-18-33)23-25-13-14-27(28(22-25)26-12-8-7-11-24(26)2)30(35)32-29(31(36)37)15-21-38-3/h7-8,11-14,22,29H,4-6,9-10,15-21,23H2,1-3H3,(H,32,35)(H,36,37). The number of amides is 1. The number of piperidine rings is 1. The van der Waals surface area contributed by atoms with E-state index in [0.29, 0.717) is 17.7 Å². The van der Waals surface area contributed by atoms with Crippen LogP contribution in [-0.2, 0) is 11.3 Å². The van der Waals surface area contributed by atoms with Gasteiger partial charge in [0.1, 0.15) is 6.04 Å². The van der Waals surface area contributed by atoms with Crippen molar-refractivity contribution in [3.05, 3.63) is 59.2 Å². The summed E-state index contributed by atoms with van der Waals surface area (Å²) in [6, 6.07) is 13.2. The maximum atomic E-state index is 13.4. The zero-order chi connectivity index (χ0) is 27.3. The number of carbonyl (C=O) groups excluding carboxylic acids is 1. The van der Waals surface area contributed by atoms with Crippen LogP contribution in [0.25, 0.3) is 11.1 Å². The van der Waals surface area contributed by atoms with Crippen LogP contribution in [0.2, 0.25) is 0 Å². The van der Waals surface area contributed by atoms with Crippen molar-refractivity contribution in [3.63, 3.8) is 0 Å². The summed E-state index contributed by atoms with van der Waals surface area (Å²) in [7, 11) is 0.